The molecule has 2 aromatic rings. The Labute approximate surface area is 158 Å². The smallest absolute Gasteiger partial charge is 0.425 e. The van der Waals surface area contributed by atoms with Crippen LogP contribution in [0.4, 0.5) is 15.4 Å². The summed E-state index contributed by atoms with van der Waals surface area (Å²) in [5, 5.41) is 0. The van der Waals surface area contributed by atoms with Crippen LogP contribution in [-0.4, -0.2) is 43.3 Å². The zero-order valence-corrected chi connectivity index (χ0v) is 17.0. The first-order valence-corrected chi connectivity index (χ1v) is 8.58. The number of halogens is 1. The molecule has 2 aromatic heterocycles. The van der Waals surface area contributed by atoms with E-state index in [1.807, 2.05) is 22.6 Å². The minimum atomic E-state index is -0.896. The number of carbonyl (C=O) groups excluding carboxylic acids is 2. The number of nitrogens with one attached hydrogen (secondary N) is 1. The highest BCUT2D eigenvalue weighted by Gasteiger charge is 2.35. The molecule has 0 unspecified atom stereocenters. The first-order valence-electron chi connectivity index (χ1n) is 7.50. The quantitative estimate of drug-likeness (QED) is 0.510. The summed E-state index contributed by atoms with van der Waals surface area (Å²) in [5.74, 6) is 0.0235. The molecule has 2 amide bonds. The first kappa shape index (κ1) is 19.3. The van der Waals surface area contributed by atoms with Crippen LogP contribution in [0.3, 0.4) is 0 Å². The van der Waals surface area contributed by atoms with E-state index in [1.165, 1.54) is 6.33 Å². The summed E-state index contributed by atoms with van der Waals surface area (Å²) in [4.78, 5) is 41.3. The fourth-order valence-electron chi connectivity index (χ4n) is 1.82. The van der Waals surface area contributed by atoms with Crippen LogP contribution in [0.15, 0.2) is 6.33 Å². The molecule has 0 bridgehead atoms. The van der Waals surface area contributed by atoms with Gasteiger partial charge in [0.15, 0.2) is 15.3 Å². The van der Waals surface area contributed by atoms with Gasteiger partial charge in [0.2, 0.25) is 0 Å². The number of ether oxygens (including phenoxy) is 2. The van der Waals surface area contributed by atoms with Crippen molar-refractivity contribution in [3.63, 3.8) is 0 Å². The Kier molecular flexibility index (Phi) is 5.21. The molecule has 0 atom stereocenters. The number of anilines is 1. The van der Waals surface area contributed by atoms with Crippen molar-refractivity contribution in [1.82, 2.24) is 19.9 Å². The monoisotopic (exact) mass is 461 g/mol. The average molecular weight is 461 g/mol. The highest BCUT2D eigenvalue weighted by Crippen LogP contribution is 2.25. The maximum absolute atomic E-state index is 12.7. The van der Waals surface area contributed by atoms with Gasteiger partial charge in [0, 0.05) is 22.6 Å². The Morgan fingerprint density at radius 2 is 1.56 bits per heavy atom. The van der Waals surface area contributed by atoms with Gasteiger partial charge in [0.05, 0.1) is 6.33 Å². The lowest BCUT2D eigenvalue weighted by molar-refractivity contribution is 0.0429. The summed E-state index contributed by atoms with van der Waals surface area (Å²) in [7, 11) is 0. The third kappa shape index (κ3) is 5.00. The number of hydrogen-bond donors (Lipinski definition) is 1. The first-order chi connectivity index (χ1) is 11.4. The standard InChI is InChI=1S/C15H20IN5O4/c1-14(2,3)24-12(22)21(13(23)25-15(4,5)6)10-8-9(18-7-17-8)19-11(16)20-10/h7H,1-6H3,(H,17,18,19,20). The molecule has 9 nitrogen and oxygen atoms in total. The van der Waals surface area contributed by atoms with Gasteiger partial charge in [0.25, 0.3) is 0 Å². The Morgan fingerprint density at radius 1 is 1.04 bits per heavy atom. The van der Waals surface area contributed by atoms with Gasteiger partial charge >= 0.3 is 12.2 Å². The molecule has 2 rings (SSSR count). The fraction of sp³-hybridized carbons (Fsp3) is 0.533. The fourth-order valence-corrected chi connectivity index (χ4v) is 2.27. The molecule has 25 heavy (non-hydrogen) atoms. The van der Waals surface area contributed by atoms with E-state index in [0.717, 1.165) is 4.90 Å². The van der Waals surface area contributed by atoms with Gasteiger partial charge in [-0.1, -0.05) is 0 Å². The maximum Gasteiger partial charge on any atom is 0.425 e. The van der Waals surface area contributed by atoms with Crippen molar-refractivity contribution in [3.8, 4) is 0 Å². The molecule has 0 saturated carbocycles. The van der Waals surface area contributed by atoms with Crippen molar-refractivity contribution in [2.24, 2.45) is 0 Å². The summed E-state index contributed by atoms with van der Waals surface area (Å²) in [5.41, 5.74) is -0.946. The molecule has 10 heteroatoms. The molecule has 0 aliphatic heterocycles. The predicted molar refractivity (Wildman–Crippen MR) is 99.3 cm³/mol. The summed E-state index contributed by atoms with van der Waals surface area (Å²) in [6, 6.07) is 0. The second-order valence-corrected chi connectivity index (χ2v) is 8.18. The lowest BCUT2D eigenvalue weighted by atomic mass is 10.2. The van der Waals surface area contributed by atoms with Crippen molar-refractivity contribution in [2.75, 3.05) is 4.90 Å². The predicted octanol–water partition coefficient (Wildman–Crippen LogP) is 3.63. The number of hydrogen-bond acceptors (Lipinski definition) is 7. The second-order valence-electron chi connectivity index (χ2n) is 7.21. The van der Waals surface area contributed by atoms with Crippen LogP contribution in [0.1, 0.15) is 41.5 Å². The Bertz CT molecular complexity index is 778. The Hall–Kier alpha value is -1.98. The molecule has 0 aromatic carbocycles. The van der Waals surface area contributed by atoms with E-state index in [2.05, 4.69) is 19.9 Å². The van der Waals surface area contributed by atoms with Crippen molar-refractivity contribution in [1.29, 1.82) is 0 Å². The largest absolute Gasteiger partial charge is 0.443 e. The molecule has 0 aliphatic rings. The van der Waals surface area contributed by atoms with Gasteiger partial charge in [0.1, 0.15) is 16.7 Å². The van der Waals surface area contributed by atoms with E-state index < -0.39 is 23.4 Å². The molecule has 0 fully saturated rings. The minimum absolute atomic E-state index is 0.0235. The van der Waals surface area contributed by atoms with Crippen molar-refractivity contribution in [3.05, 3.63) is 10.2 Å². The van der Waals surface area contributed by atoms with Gasteiger partial charge < -0.3 is 14.5 Å². The van der Waals surface area contributed by atoms with Gasteiger partial charge in [-0.2, -0.15) is 4.90 Å². The molecule has 0 saturated heterocycles. The number of amides is 2. The number of carbonyl (C=O) groups is 2. The van der Waals surface area contributed by atoms with E-state index in [-0.39, 0.29) is 5.82 Å². The lowest BCUT2D eigenvalue weighted by Gasteiger charge is -2.28. The maximum atomic E-state index is 12.7. The highest BCUT2D eigenvalue weighted by atomic mass is 127. The molecular weight excluding hydrogens is 441 g/mol. The molecular formula is C15H20IN5O4. The van der Waals surface area contributed by atoms with Crippen LogP contribution in [-0.2, 0) is 9.47 Å². The highest BCUT2D eigenvalue weighted by molar-refractivity contribution is 14.1. The number of H-pyrrole nitrogens is 1. The van der Waals surface area contributed by atoms with Crippen LogP contribution in [0.5, 0.6) is 0 Å². The third-order valence-electron chi connectivity index (χ3n) is 2.60. The minimum Gasteiger partial charge on any atom is -0.443 e. The summed E-state index contributed by atoms with van der Waals surface area (Å²) < 4.78 is 11.0. The number of aromatic amines is 1. The van der Waals surface area contributed by atoms with E-state index in [9.17, 15) is 9.59 Å². The van der Waals surface area contributed by atoms with Gasteiger partial charge in [-0.15, -0.1) is 0 Å². The summed E-state index contributed by atoms with van der Waals surface area (Å²) >= 11 is 1.88. The summed E-state index contributed by atoms with van der Waals surface area (Å²) in [6.45, 7) is 10.2. The lowest BCUT2D eigenvalue weighted by Crippen LogP contribution is -2.44. The molecule has 0 radical (unpaired) electrons. The van der Waals surface area contributed by atoms with Crippen molar-refractivity contribution >= 4 is 51.8 Å². The van der Waals surface area contributed by atoms with E-state index in [4.69, 9.17) is 9.47 Å². The average Bonchev–Trinajstić information content (AvgIpc) is 2.82. The number of fused-ring (bicyclic) bond motifs is 1. The van der Waals surface area contributed by atoms with E-state index >= 15 is 0 Å². The molecule has 0 aliphatic carbocycles. The molecule has 0 spiro atoms. The van der Waals surface area contributed by atoms with Crippen LogP contribution in [0.2, 0.25) is 0 Å². The van der Waals surface area contributed by atoms with Crippen LogP contribution in [0, 0.1) is 3.83 Å². The van der Waals surface area contributed by atoms with Crippen LogP contribution in [0.25, 0.3) is 11.2 Å². The SMILES string of the molecule is CC(C)(C)OC(=O)N(C(=O)OC(C)(C)C)c1nc(I)nc2nc[nH]c12. The van der Waals surface area contributed by atoms with Crippen LogP contribution >= 0.6 is 22.6 Å². The summed E-state index contributed by atoms with van der Waals surface area (Å²) in [6.07, 6.45) is -0.388. The van der Waals surface area contributed by atoms with Gasteiger partial charge in [-0.25, -0.2) is 24.5 Å². The zero-order valence-electron chi connectivity index (χ0n) is 14.9. The molecule has 2 heterocycles. The zero-order chi connectivity index (χ0) is 19.0. The molecule has 1 N–H and O–H groups in total. The van der Waals surface area contributed by atoms with Gasteiger partial charge in [-0.3, -0.25) is 0 Å². The Balaban J connectivity index is 2.55. The third-order valence-corrected chi connectivity index (χ3v) is 3.09. The second kappa shape index (κ2) is 6.73. The van der Waals surface area contributed by atoms with Crippen molar-refractivity contribution < 1.29 is 19.1 Å². The Morgan fingerprint density at radius 3 is 2.04 bits per heavy atom. The van der Waals surface area contributed by atoms with E-state index in [0.29, 0.717) is 15.0 Å². The topological polar surface area (TPSA) is 110 Å². The number of aromatic nitrogens is 4. The van der Waals surface area contributed by atoms with Crippen molar-refractivity contribution in [2.45, 2.75) is 52.7 Å². The number of nitrogens with zero attached hydrogens (tertiary/aromatic N) is 4. The number of imide groups is 1. The van der Waals surface area contributed by atoms with E-state index in [1.54, 1.807) is 41.5 Å². The van der Waals surface area contributed by atoms with Crippen LogP contribution < -0.4 is 4.90 Å². The molecule has 136 valence electrons. The normalized spacial score (nSPS) is 12.1. The number of rotatable bonds is 1. The number of imidazole rings is 1. The van der Waals surface area contributed by atoms with Gasteiger partial charge in [-0.05, 0) is 41.5 Å².